The summed E-state index contributed by atoms with van der Waals surface area (Å²) in [6.07, 6.45) is 2.70. The summed E-state index contributed by atoms with van der Waals surface area (Å²) in [5, 5.41) is 0. The molecule has 1 aliphatic rings. The number of ether oxygens (including phenoxy) is 5. The van der Waals surface area contributed by atoms with Crippen molar-refractivity contribution in [3.63, 3.8) is 0 Å². The predicted molar refractivity (Wildman–Crippen MR) is 80.0 cm³/mol. The molecule has 2 rings (SSSR count). The lowest BCUT2D eigenvalue weighted by atomic mass is 9.98. The van der Waals surface area contributed by atoms with Crippen LogP contribution in [0.25, 0.3) is 0 Å². The number of methoxy groups -OCH3 is 3. The van der Waals surface area contributed by atoms with Crippen LogP contribution in [0.15, 0.2) is 6.07 Å². The molecule has 1 fully saturated rings. The molecule has 22 heavy (non-hydrogen) atoms. The van der Waals surface area contributed by atoms with Crippen LogP contribution in [0.1, 0.15) is 37.9 Å². The fraction of sp³-hybridized carbons (Fsp3) is 0.562. The third-order valence-corrected chi connectivity index (χ3v) is 3.59. The summed E-state index contributed by atoms with van der Waals surface area (Å²) in [6, 6.07) is 1.63. The normalized spacial score (nSPS) is 17.7. The number of benzene rings is 1. The van der Waals surface area contributed by atoms with Gasteiger partial charge in [-0.1, -0.05) is 0 Å². The van der Waals surface area contributed by atoms with E-state index < -0.39 is 5.97 Å². The molecule has 122 valence electrons. The second-order valence-electron chi connectivity index (χ2n) is 5.01. The molecule has 1 heterocycles. The summed E-state index contributed by atoms with van der Waals surface area (Å²) in [5.74, 6) is 1.35. The average molecular weight is 310 g/mol. The van der Waals surface area contributed by atoms with Crippen LogP contribution in [0.5, 0.6) is 23.0 Å². The second-order valence-corrected chi connectivity index (χ2v) is 5.01. The fourth-order valence-corrected chi connectivity index (χ4v) is 2.67. The van der Waals surface area contributed by atoms with Gasteiger partial charge < -0.3 is 23.7 Å². The molecule has 1 aromatic rings. The third-order valence-electron chi connectivity index (χ3n) is 3.59. The molecule has 0 amide bonds. The molecule has 1 saturated heterocycles. The molecule has 6 nitrogen and oxygen atoms in total. The standard InChI is InChI=1S/C16H22O6/c1-10(17)22-12-9-13(18-2)15(19-3)16(20-4)14(12)11-7-5-6-8-21-11/h9,11H,5-8H2,1-4H3. The number of esters is 1. The van der Waals surface area contributed by atoms with E-state index in [2.05, 4.69) is 0 Å². The summed E-state index contributed by atoms with van der Waals surface area (Å²) >= 11 is 0. The summed E-state index contributed by atoms with van der Waals surface area (Å²) in [4.78, 5) is 11.4. The van der Waals surface area contributed by atoms with Crippen molar-refractivity contribution in [2.24, 2.45) is 0 Å². The van der Waals surface area contributed by atoms with Crippen molar-refractivity contribution in [2.45, 2.75) is 32.3 Å². The predicted octanol–water partition coefficient (Wildman–Crippen LogP) is 2.88. The lowest BCUT2D eigenvalue weighted by Crippen LogP contribution is -2.16. The second kappa shape index (κ2) is 7.35. The highest BCUT2D eigenvalue weighted by molar-refractivity contribution is 5.72. The Labute approximate surface area is 130 Å². The van der Waals surface area contributed by atoms with E-state index in [1.165, 1.54) is 21.1 Å². The summed E-state index contributed by atoms with van der Waals surface area (Å²) in [6.45, 7) is 2.02. The molecule has 1 aliphatic heterocycles. The van der Waals surface area contributed by atoms with E-state index in [0.717, 1.165) is 19.3 Å². The first kappa shape index (κ1) is 16.4. The van der Waals surface area contributed by atoms with Gasteiger partial charge in [-0.05, 0) is 19.3 Å². The largest absolute Gasteiger partial charge is 0.493 e. The van der Waals surface area contributed by atoms with E-state index in [1.807, 2.05) is 0 Å². The molecule has 0 aliphatic carbocycles. The Morgan fingerprint density at radius 1 is 1.09 bits per heavy atom. The minimum Gasteiger partial charge on any atom is -0.493 e. The first-order valence-electron chi connectivity index (χ1n) is 7.25. The molecule has 0 radical (unpaired) electrons. The SMILES string of the molecule is COc1cc(OC(C)=O)c(C2CCCCO2)c(OC)c1OC. The smallest absolute Gasteiger partial charge is 0.308 e. The zero-order valence-corrected chi connectivity index (χ0v) is 13.4. The van der Waals surface area contributed by atoms with Crippen LogP contribution in [0, 0.1) is 0 Å². The van der Waals surface area contributed by atoms with Crippen molar-refractivity contribution in [1.29, 1.82) is 0 Å². The Morgan fingerprint density at radius 3 is 2.32 bits per heavy atom. The van der Waals surface area contributed by atoms with Gasteiger partial charge in [0, 0.05) is 19.6 Å². The summed E-state index contributed by atoms with van der Waals surface area (Å²) < 4.78 is 27.4. The minimum atomic E-state index is -0.411. The van der Waals surface area contributed by atoms with Crippen molar-refractivity contribution >= 4 is 5.97 Å². The molecule has 0 saturated carbocycles. The van der Waals surface area contributed by atoms with Gasteiger partial charge in [0.15, 0.2) is 11.5 Å². The monoisotopic (exact) mass is 310 g/mol. The number of carbonyl (C=O) groups excluding carboxylic acids is 1. The lowest BCUT2D eigenvalue weighted by Gasteiger charge is -2.27. The van der Waals surface area contributed by atoms with Gasteiger partial charge in [0.05, 0.1) is 33.0 Å². The van der Waals surface area contributed by atoms with Gasteiger partial charge in [-0.3, -0.25) is 4.79 Å². The molecule has 0 spiro atoms. The van der Waals surface area contributed by atoms with E-state index in [9.17, 15) is 4.79 Å². The van der Waals surface area contributed by atoms with E-state index >= 15 is 0 Å². The van der Waals surface area contributed by atoms with Crippen molar-refractivity contribution in [1.82, 2.24) is 0 Å². The molecule has 0 aromatic heterocycles. The fourth-order valence-electron chi connectivity index (χ4n) is 2.67. The molecule has 1 unspecified atom stereocenters. The van der Waals surface area contributed by atoms with Crippen molar-refractivity contribution in [2.75, 3.05) is 27.9 Å². The van der Waals surface area contributed by atoms with Gasteiger partial charge in [0.1, 0.15) is 5.75 Å². The van der Waals surface area contributed by atoms with Crippen LogP contribution in [-0.2, 0) is 9.53 Å². The van der Waals surface area contributed by atoms with Crippen LogP contribution in [0.2, 0.25) is 0 Å². The number of hydrogen-bond donors (Lipinski definition) is 0. The molecule has 6 heteroatoms. The molecular formula is C16H22O6. The Kier molecular flexibility index (Phi) is 5.49. The van der Waals surface area contributed by atoms with Crippen molar-refractivity contribution in [3.05, 3.63) is 11.6 Å². The maximum atomic E-state index is 11.4. The van der Waals surface area contributed by atoms with Crippen LogP contribution >= 0.6 is 0 Å². The highest BCUT2D eigenvalue weighted by atomic mass is 16.6. The number of rotatable bonds is 5. The first-order valence-corrected chi connectivity index (χ1v) is 7.25. The van der Waals surface area contributed by atoms with E-state index in [1.54, 1.807) is 13.2 Å². The molecule has 1 aromatic carbocycles. The molecular weight excluding hydrogens is 288 g/mol. The number of carbonyl (C=O) groups is 1. The van der Waals surface area contributed by atoms with Gasteiger partial charge in [0.25, 0.3) is 0 Å². The quantitative estimate of drug-likeness (QED) is 0.615. The molecule has 0 bridgehead atoms. The Bertz CT molecular complexity index is 534. The van der Waals surface area contributed by atoms with Crippen LogP contribution in [0.4, 0.5) is 0 Å². The zero-order chi connectivity index (χ0) is 16.1. The third kappa shape index (κ3) is 3.27. The van der Waals surface area contributed by atoms with Gasteiger partial charge in [-0.2, -0.15) is 0 Å². The Hall–Kier alpha value is -1.95. The maximum Gasteiger partial charge on any atom is 0.308 e. The lowest BCUT2D eigenvalue weighted by molar-refractivity contribution is -0.132. The minimum absolute atomic E-state index is 0.196. The zero-order valence-electron chi connectivity index (χ0n) is 13.4. The van der Waals surface area contributed by atoms with Crippen molar-refractivity contribution in [3.8, 4) is 23.0 Å². The molecule has 0 N–H and O–H groups in total. The Morgan fingerprint density at radius 2 is 1.82 bits per heavy atom. The van der Waals surface area contributed by atoms with Gasteiger partial charge >= 0.3 is 5.97 Å². The van der Waals surface area contributed by atoms with Crippen LogP contribution in [-0.4, -0.2) is 33.9 Å². The van der Waals surface area contributed by atoms with Gasteiger partial charge in [0.2, 0.25) is 5.75 Å². The summed E-state index contributed by atoms with van der Waals surface area (Å²) in [7, 11) is 4.60. The van der Waals surface area contributed by atoms with Gasteiger partial charge in [-0.15, -0.1) is 0 Å². The highest BCUT2D eigenvalue weighted by Crippen LogP contribution is 2.50. The van der Waals surface area contributed by atoms with E-state index in [4.69, 9.17) is 23.7 Å². The highest BCUT2D eigenvalue weighted by Gasteiger charge is 2.30. The topological polar surface area (TPSA) is 63.2 Å². The first-order chi connectivity index (χ1) is 10.6. The van der Waals surface area contributed by atoms with Gasteiger partial charge in [-0.25, -0.2) is 0 Å². The van der Waals surface area contributed by atoms with Crippen LogP contribution in [0.3, 0.4) is 0 Å². The van der Waals surface area contributed by atoms with E-state index in [-0.39, 0.29) is 6.10 Å². The average Bonchev–Trinajstić information content (AvgIpc) is 2.53. The van der Waals surface area contributed by atoms with E-state index in [0.29, 0.717) is 35.2 Å². The Balaban J connectivity index is 2.60. The molecule has 1 atom stereocenters. The maximum absolute atomic E-state index is 11.4. The summed E-state index contributed by atoms with van der Waals surface area (Å²) in [5.41, 5.74) is 0.690. The number of hydrogen-bond acceptors (Lipinski definition) is 6. The van der Waals surface area contributed by atoms with Crippen LogP contribution < -0.4 is 18.9 Å². The van der Waals surface area contributed by atoms with Crippen molar-refractivity contribution < 1.29 is 28.5 Å².